The summed E-state index contributed by atoms with van der Waals surface area (Å²) in [7, 11) is 3.86. The van der Waals surface area contributed by atoms with E-state index in [1.54, 1.807) is 6.20 Å². The van der Waals surface area contributed by atoms with Crippen LogP contribution in [-0.4, -0.2) is 46.4 Å². The molecule has 32 heavy (non-hydrogen) atoms. The molecule has 4 rings (SSSR count). The zero-order valence-corrected chi connectivity index (χ0v) is 19.5. The summed E-state index contributed by atoms with van der Waals surface area (Å²) in [4.78, 5) is 31.1. The highest BCUT2D eigenvalue weighted by molar-refractivity contribution is 6.30. The Morgan fingerprint density at radius 2 is 2.03 bits per heavy atom. The number of benzene rings is 1. The van der Waals surface area contributed by atoms with Crippen molar-refractivity contribution in [1.82, 2.24) is 19.9 Å². The lowest BCUT2D eigenvalue weighted by Gasteiger charge is -2.36. The van der Waals surface area contributed by atoms with Crippen LogP contribution in [0.25, 0.3) is 11.1 Å². The van der Waals surface area contributed by atoms with Gasteiger partial charge in [0.1, 0.15) is 0 Å². The first-order valence-corrected chi connectivity index (χ1v) is 11.3. The van der Waals surface area contributed by atoms with E-state index in [4.69, 9.17) is 16.6 Å². The number of hydrogen-bond acceptors (Lipinski definition) is 5. The van der Waals surface area contributed by atoms with Crippen molar-refractivity contribution >= 4 is 23.5 Å². The fraction of sp³-hybridized carbons (Fsp3) is 0.360. The molecule has 2 aromatic heterocycles. The van der Waals surface area contributed by atoms with Gasteiger partial charge in [0.2, 0.25) is 11.9 Å². The van der Waals surface area contributed by atoms with Gasteiger partial charge in [-0.15, -0.1) is 0 Å². The quantitative estimate of drug-likeness (QED) is 0.556. The molecule has 0 radical (unpaired) electrons. The van der Waals surface area contributed by atoms with Gasteiger partial charge in [-0.2, -0.15) is 0 Å². The maximum Gasteiger partial charge on any atom is 0.227 e. The monoisotopic (exact) mass is 449 g/mol. The minimum atomic E-state index is -0.0975. The number of aromatic nitrogens is 3. The Kier molecular flexibility index (Phi) is 6.70. The van der Waals surface area contributed by atoms with Gasteiger partial charge < -0.3 is 9.80 Å². The van der Waals surface area contributed by atoms with Gasteiger partial charge in [-0.05, 0) is 61.1 Å². The Hall–Kier alpha value is -2.99. The molecule has 7 heteroatoms. The zero-order valence-electron chi connectivity index (χ0n) is 18.8. The number of nitrogens with zero attached hydrogens (tertiary/aromatic N) is 5. The van der Waals surface area contributed by atoms with E-state index in [1.165, 1.54) is 0 Å². The molecule has 3 heterocycles. The molecule has 1 aromatic carbocycles. The highest BCUT2D eigenvalue weighted by Gasteiger charge is 2.31. The summed E-state index contributed by atoms with van der Waals surface area (Å²) in [6.45, 7) is 2.76. The van der Waals surface area contributed by atoms with Gasteiger partial charge in [0.15, 0.2) is 0 Å². The number of aryl methyl sites for hydroxylation is 1. The molecule has 0 bridgehead atoms. The minimum Gasteiger partial charge on any atom is -0.347 e. The Labute approximate surface area is 194 Å². The number of hydrogen-bond donors (Lipinski definition) is 0. The van der Waals surface area contributed by atoms with Gasteiger partial charge in [-0.1, -0.05) is 23.7 Å². The summed E-state index contributed by atoms with van der Waals surface area (Å²) >= 11 is 6.14. The van der Waals surface area contributed by atoms with E-state index >= 15 is 0 Å². The molecular formula is C25H28ClN5O. The predicted octanol–water partition coefficient (Wildman–Crippen LogP) is 4.86. The van der Waals surface area contributed by atoms with Crippen LogP contribution in [0.15, 0.2) is 48.9 Å². The molecule has 1 aliphatic heterocycles. The Morgan fingerprint density at radius 3 is 2.78 bits per heavy atom. The van der Waals surface area contributed by atoms with E-state index < -0.39 is 0 Å². The molecule has 1 aliphatic rings. The first kappa shape index (κ1) is 22.2. The van der Waals surface area contributed by atoms with Crippen molar-refractivity contribution in [3.63, 3.8) is 0 Å². The van der Waals surface area contributed by atoms with Crippen LogP contribution in [0.5, 0.6) is 0 Å². The smallest absolute Gasteiger partial charge is 0.227 e. The molecule has 0 aliphatic carbocycles. The van der Waals surface area contributed by atoms with Crippen molar-refractivity contribution in [1.29, 1.82) is 0 Å². The Bertz CT molecular complexity index is 1120. The molecule has 166 valence electrons. The minimum absolute atomic E-state index is 0.0967. The third kappa shape index (κ3) is 4.75. The van der Waals surface area contributed by atoms with Gasteiger partial charge in [0.25, 0.3) is 0 Å². The summed E-state index contributed by atoms with van der Waals surface area (Å²) in [5.41, 5.74) is 4.89. The number of halogens is 1. The average Bonchev–Trinajstić information content (AvgIpc) is 2.79. The number of pyridine rings is 1. The van der Waals surface area contributed by atoms with Crippen molar-refractivity contribution in [2.24, 2.45) is 0 Å². The number of carbonyl (C=O) groups is 1. The Morgan fingerprint density at radius 1 is 1.19 bits per heavy atom. The lowest BCUT2D eigenvalue weighted by Crippen LogP contribution is -2.40. The van der Waals surface area contributed by atoms with Crippen LogP contribution in [0.2, 0.25) is 5.02 Å². The van der Waals surface area contributed by atoms with Crippen LogP contribution in [0.1, 0.15) is 42.1 Å². The fourth-order valence-electron chi connectivity index (χ4n) is 4.28. The molecule has 0 unspecified atom stereocenters. The van der Waals surface area contributed by atoms with Gasteiger partial charge in [-0.3, -0.25) is 9.78 Å². The summed E-state index contributed by atoms with van der Waals surface area (Å²) in [6.07, 6.45) is 8.77. The molecule has 1 fully saturated rings. The second-order valence-electron chi connectivity index (χ2n) is 8.46. The maximum atomic E-state index is 13.4. The van der Waals surface area contributed by atoms with E-state index in [2.05, 4.69) is 9.97 Å². The number of anilines is 1. The van der Waals surface area contributed by atoms with Crippen LogP contribution in [0, 0.1) is 6.92 Å². The van der Waals surface area contributed by atoms with Crippen LogP contribution in [0.4, 0.5) is 5.95 Å². The van der Waals surface area contributed by atoms with Crippen LogP contribution < -0.4 is 4.90 Å². The van der Waals surface area contributed by atoms with Crippen LogP contribution in [0.3, 0.4) is 0 Å². The first-order chi connectivity index (χ1) is 15.4. The number of piperidine rings is 1. The van der Waals surface area contributed by atoms with E-state index in [-0.39, 0.29) is 11.9 Å². The van der Waals surface area contributed by atoms with E-state index in [0.717, 1.165) is 53.8 Å². The van der Waals surface area contributed by atoms with Crippen molar-refractivity contribution in [2.75, 3.05) is 25.5 Å². The Balaban J connectivity index is 1.74. The molecule has 1 atom stereocenters. The lowest BCUT2D eigenvalue weighted by molar-refractivity contribution is -0.134. The largest absolute Gasteiger partial charge is 0.347 e. The van der Waals surface area contributed by atoms with Gasteiger partial charge in [-0.25, -0.2) is 9.97 Å². The van der Waals surface area contributed by atoms with Crippen molar-refractivity contribution < 1.29 is 4.79 Å². The number of likely N-dealkylation sites (tertiary alicyclic amines) is 1. The van der Waals surface area contributed by atoms with Crippen molar-refractivity contribution in [3.8, 4) is 11.1 Å². The molecule has 3 aromatic rings. The third-order valence-corrected chi connectivity index (χ3v) is 6.13. The van der Waals surface area contributed by atoms with Crippen LogP contribution in [-0.2, 0) is 11.2 Å². The van der Waals surface area contributed by atoms with Gasteiger partial charge in [0.05, 0.1) is 18.2 Å². The molecule has 0 saturated carbocycles. The zero-order chi connectivity index (χ0) is 22.7. The number of rotatable bonds is 5. The molecule has 1 saturated heterocycles. The van der Waals surface area contributed by atoms with Crippen LogP contribution >= 0.6 is 11.6 Å². The van der Waals surface area contributed by atoms with Crippen molar-refractivity contribution in [3.05, 3.63) is 70.8 Å². The van der Waals surface area contributed by atoms with E-state index in [0.29, 0.717) is 17.4 Å². The fourth-order valence-corrected chi connectivity index (χ4v) is 4.49. The summed E-state index contributed by atoms with van der Waals surface area (Å²) in [5, 5.41) is 0.646. The normalized spacial score (nSPS) is 16.1. The van der Waals surface area contributed by atoms with E-state index in [9.17, 15) is 4.79 Å². The molecule has 6 nitrogen and oxygen atoms in total. The van der Waals surface area contributed by atoms with Gasteiger partial charge >= 0.3 is 0 Å². The molecule has 0 spiro atoms. The summed E-state index contributed by atoms with van der Waals surface area (Å²) in [5.74, 6) is 0.739. The molecule has 0 N–H and O–H groups in total. The highest BCUT2D eigenvalue weighted by atomic mass is 35.5. The second-order valence-corrected chi connectivity index (χ2v) is 8.90. The highest BCUT2D eigenvalue weighted by Crippen LogP contribution is 2.37. The van der Waals surface area contributed by atoms with Gasteiger partial charge in [0, 0.05) is 49.8 Å². The third-order valence-electron chi connectivity index (χ3n) is 5.90. The van der Waals surface area contributed by atoms with E-state index in [1.807, 2.05) is 73.5 Å². The average molecular weight is 450 g/mol. The predicted molar refractivity (Wildman–Crippen MR) is 128 cm³/mol. The maximum absolute atomic E-state index is 13.4. The van der Waals surface area contributed by atoms with Crippen molar-refractivity contribution in [2.45, 2.75) is 38.6 Å². The molecule has 1 amide bonds. The second kappa shape index (κ2) is 9.65. The SMILES string of the molecule is Cc1cnccc1-c1cnc(N(C)C)nc1[C@@H]1CCCCN1C(=O)Cc1cccc(Cl)c1. The topological polar surface area (TPSA) is 62.2 Å². The summed E-state index contributed by atoms with van der Waals surface area (Å²) < 4.78 is 0. The number of carbonyl (C=O) groups excluding carboxylic acids is 1. The first-order valence-electron chi connectivity index (χ1n) is 10.9. The number of amides is 1. The standard InChI is InChI=1S/C25H28ClN5O/c1-17-15-27-11-10-20(17)21-16-28-25(30(2)3)29-24(21)22-9-4-5-12-31(22)23(32)14-18-7-6-8-19(26)13-18/h6-8,10-11,13,15-16,22H,4-5,9,12,14H2,1-3H3/t22-/m0/s1. The lowest BCUT2D eigenvalue weighted by atomic mass is 9.92. The summed E-state index contributed by atoms with van der Waals surface area (Å²) in [6, 6.07) is 9.42. The molecular weight excluding hydrogens is 422 g/mol.